The third-order valence-electron chi connectivity index (χ3n) is 2.92. The van der Waals surface area contributed by atoms with Crippen LogP contribution in [0, 0.1) is 23.7 Å². The van der Waals surface area contributed by atoms with Crippen LogP contribution in [0.15, 0.2) is 45.3 Å². The van der Waals surface area contributed by atoms with E-state index in [0.29, 0.717) is 21.9 Å². The van der Waals surface area contributed by atoms with Gasteiger partial charge in [-0.25, -0.2) is 0 Å². The fourth-order valence-electron chi connectivity index (χ4n) is 1.93. The normalized spacial score (nSPS) is 10.7. The molecule has 0 radical (unpaired) electrons. The minimum atomic E-state index is 0.176. The number of hydrogen-bond donors (Lipinski definition) is 0. The summed E-state index contributed by atoms with van der Waals surface area (Å²) in [6.45, 7) is 0.176. The zero-order valence-corrected chi connectivity index (χ0v) is 15.7. The highest BCUT2D eigenvalue weighted by Crippen LogP contribution is 2.36. The summed E-state index contributed by atoms with van der Waals surface area (Å²) in [6, 6.07) is 13.1. The van der Waals surface area contributed by atoms with Crippen molar-refractivity contribution in [2.45, 2.75) is 0 Å². The number of terminal acetylenes is 1. The van der Waals surface area contributed by atoms with Crippen LogP contribution in [0.25, 0.3) is 11.6 Å². The van der Waals surface area contributed by atoms with E-state index >= 15 is 0 Å². The first kappa shape index (κ1) is 17.6. The van der Waals surface area contributed by atoms with E-state index in [9.17, 15) is 5.26 Å². The monoisotopic (exact) mass is 449 g/mol. The number of rotatable bonds is 4. The Labute approximate surface area is 157 Å². The van der Waals surface area contributed by atoms with Gasteiger partial charge in [0.2, 0.25) is 0 Å². The summed E-state index contributed by atoms with van der Waals surface area (Å²) in [5.74, 6) is 3.04. The Balaban J connectivity index is 2.44. The third-order valence-corrected chi connectivity index (χ3v) is 4.42. The van der Waals surface area contributed by atoms with Gasteiger partial charge in [-0.1, -0.05) is 35.7 Å². The van der Waals surface area contributed by atoms with Gasteiger partial charge in [0.1, 0.15) is 12.4 Å². The molecule has 0 spiro atoms. The lowest BCUT2D eigenvalue weighted by molar-refractivity contribution is 0.365. The molecule has 0 aliphatic carbocycles. The molecular weight excluding hydrogens is 441 g/mol. The van der Waals surface area contributed by atoms with E-state index in [1.807, 2.05) is 30.3 Å². The first-order valence-corrected chi connectivity index (χ1v) is 8.45. The third kappa shape index (κ3) is 4.39. The van der Waals surface area contributed by atoms with Crippen LogP contribution in [-0.2, 0) is 0 Å². The number of nitrogens with zero attached hydrogens (tertiary/aromatic N) is 1. The van der Waals surface area contributed by atoms with Gasteiger partial charge in [0.25, 0.3) is 0 Å². The van der Waals surface area contributed by atoms with Crippen molar-refractivity contribution in [3.8, 4) is 24.2 Å². The van der Waals surface area contributed by atoms with Crippen molar-refractivity contribution in [3.63, 3.8) is 0 Å². The second-order valence-corrected chi connectivity index (χ2v) is 6.57. The van der Waals surface area contributed by atoms with E-state index < -0.39 is 0 Å². The number of allylic oxidation sites excluding steroid dienone is 1. The second kappa shape index (κ2) is 8.22. The van der Waals surface area contributed by atoms with Gasteiger partial charge in [0, 0.05) is 10.6 Å². The molecule has 5 heteroatoms. The Bertz CT molecular complexity index is 824. The predicted octanol–water partition coefficient (Wildman–Crippen LogP) is 5.94. The predicted molar refractivity (Wildman–Crippen MR) is 101 cm³/mol. The highest BCUT2D eigenvalue weighted by molar-refractivity contribution is 9.11. The SMILES string of the molecule is C#CCOc1c(Br)cc(C=C(C#N)c2ccccc2Cl)cc1Br. The van der Waals surface area contributed by atoms with E-state index in [4.69, 9.17) is 22.8 Å². The molecule has 0 saturated carbocycles. The lowest BCUT2D eigenvalue weighted by Crippen LogP contribution is -1.96. The topological polar surface area (TPSA) is 33.0 Å². The van der Waals surface area contributed by atoms with Crippen molar-refractivity contribution in [1.29, 1.82) is 5.26 Å². The largest absolute Gasteiger partial charge is 0.479 e. The van der Waals surface area contributed by atoms with E-state index in [0.717, 1.165) is 14.5 Å². The summed E-state index contributed by atoms with van der Waals surface area (Å²) in [5, 5.41) is 9.96. The second-order valence-electron chi connectivity index (χ2n) is 4.46. The molecule has 0 bridgehead atoms. The van der Waals surface area contributed by atoms with Crippen LogP contribution >= 0.6 is 43.5 Å². The first-order valence-electron chi connectivity index (χ1n) is 6.48. The summed E-state index contributed by atoms with van der Waals surface area (Å²) in [6.07, 6.45) is 6.97. The van der Waals surface area contributed by atoms with Gasteiger partial charge in [0.05, 0.1) is 20.6 Å². The molecule has 0 atom stereocenters. The molecule has 0 unspecified atom stereocenters. The van der Waals surface area contributed by atoms with Crippen LogP contribution in [-0.4, -0.2) is 6.61 Å². The van der Waals surface area contributed by atoms with Gasteiger partial charge < -0.3 is 4.74 Å². The molecule has 0 N–H and O–H groups in total. The van der Waals surface area contributed by atoms with Crippen molar-refractivity contribution in [1.82, 2.24) is 0 Å². The Morgan fingerprint density at radius 1 is 1.26 bits per heavy atom. The van der Waals surface area contributed by atoms with Crippen molar-refractivity contribution >= 4 is 55.1 Å². The highest BCUT2D eigenvalue weighted by Gasteiger charge is 2.10. The summed E-state index contributed by atoms with van der Waals surface area (Å²) in [5.41, 5.74) is 2.00. The molecule has 0 aliphatic heterocycles. The quantitative estimate of drug-likeness (QED) is 0.327. The maximum atomic E-state index is 9.43. The average Bonchev–Trinajstić information content (AvgIpc) is 2.53. The molecule has 2 aromatic rings. The van der Waals surface area contributed by atoms with E-state index in [2.05, 4.69) is 43.8 Å². The minimum Gasteiger partial charge on any atom is -0.479 e. The van der Waals surface area contributed by atoms with Crippen molar-refractivity contribution in [2.24, 2.45) is 0 Å². The summed E-state index contributed by atoms with van der Waals surface area (Å²) in [7, 11) is 0. The minimum absolute atomic E-state index is 0.176. The smallest absolute Gasteiger partial charge is 0.149 e. The number of nitriles is 1. The van der Waals surface area contributed by atoms with Gasteiger partial charge in [-0.05, 0) is 61.7 Å². The Kier molecular flexibility index (Phi) is 6.30. The van der Waals surface area contributed by atoms with Crippen molar-refractivity contribution < 1.29 is 4.74 Å². The zero-order valence-electron chi connectivity index (χ0n) is 11.8. The van der Waals surface area contributed by atoms with Crippen LogP contribution in [0.5, 0.6) is 5.75 Å². The number of hydrogen-bond acceptors (Lipinski definition) is 2. The molecule has 2 nitrogen and oxygen atoms in total. The molecular formula is C18H10Br2ClNO. The van der Waals surface area contributed by atoms with E-state index in [1.165, 1.54) is 0 Å². The highest BCUT2D eigenvalue weighted by atomic mass is 79.9. The van der Waals surface area contributed by atoms with Gasteiger partial charge in [-0.2, -0.15) is 5.26 Å². The first-order chi connectivity index (χ1) is 11.1. The van der Waals surface area contributed by atoms with Gasteiger partial charge in [0.15, 0.2) is 0 Å². The molecule has 2 aromatic carbocycles. The van der Waals surface area contributed by atoms with Crippen molar-refractivity contribution in [2.75, 3.05) is 6.61 Å². The Hall–Kier alpha value is -1.72. The molecule has 2 rings (SSSR count). The maximum Gasteiger partial charge on any atom is 0.149 e. The zero-order chi connectivity index (χ0) is 16.8. The standard InChI is InChI=1S/C18H10Br2ClNO/c1-2-7-23-18-15(19)9-12(10-16(18)20)8-13(11-22)14-5-3-4-6-17(14)21/h1,3-6,8-10H,7H2. The van der Waals surface area contributed by atoms with Crippen LogP contribution in [0.2, 0.25) is 5.02 Å². The van der Waals surface area contributed by atoms with Crippen LogP contribution in [0.4, 0.5) is 0 Å². The van der Waals surface area contributed by atoms with Crippen LogP contribution in [0.3, 0.4) is 0 Å². The van der Waals surface area contributed by atoms with Gasteiger partial charge in [-0.15, -0.1) is 6.42 Å². The molecule has 0 heterocycles. The summed E-state index contributed by atoms with van der Waals surface area (Å²) in [4.78, 5) is 0. The summed E-state index contributed by atoms with van der Waals surface area (Å²) >= 11 is 13.1. The van der Waals surface area contributed by atoms with E-state index in [-0.39, 0.29) is 6.61 Å². The molecule has 0 fully saturated rings. The molecule has 0 aromatic heterocycles. The Morgan fingerprint density at radius 3 is 2.48 bits per heavy atom. The van der Waals surface area contributed by atoms with Gasteiger partial charge >= 0.3 is 0 Å². The molecule has 23 heavy (non-hydrogen) atoms. The van der Waals surface area contributed by atoms with Crippen LogP contribution < -0.4 is 4.74 Å². The molecule has 114 valence electrons. The number of halogens is 3. The summed E-state index contributed by atoms with van der Waals surface area (Å²) < 4.78 is 6.95. The fraction of sp³-hybridized carbons (Fsp3) is 0.0556. The lowest BCUT2D eigenvalue weighted by atomic mass is 10.0. The molecule has 0 aliphatic rings. The average molecular weight is 452 g/mol. The maximum absolute atomic E-state index is 9.43. The van der Waals surface area contributed by atoms with Gasteiger partial charge in [-0.3, -0.25) is 0 Å². The Morgan fingerprint density at radius 2 is 1.91 bits per heavy atom. The lowest BCUT2D eigenvalue weighted by Gasteiger charge is -2.09. The van der Waals surface area contributed by atoms with Crippen molar-refractivity contribution in [3.05, 3.63) is 61.5 Å². The van der Waals surface area contributed by atoms with Crippen LogP contribution in [0.1, 0.15) is 11.1 Å². The molecule has 0 amide bonds. The fourth-order valence-corrected chi connectivity index (χ4v) is 3.62. The molecule has 0 saturated heterocycles. The number of benzene rings is 2. The van der Waals surface area contributed by atoms with E-state index in [1.54, 1.807) is 12.1 Å². The number of ether oxygens (including phenoxy) is 1.